The molecule has 1 N–H and O–H groups in total. The molecule has 104 valence electrons. The maximum absolute atomic E-state index is 13.4. The van der Waals surface area contributed by atoms with Gasteiger partial charge in [0.1, 0.15) is 5.82 Å². The fraction of sp³-hybridized carbons (Fsp3) is 0.188. The van der Waals surface area contributed by atoms with E-state index in [1.54, 1.807) is 6.07 Å². The minimum Gasteiger partial charge on any atom is -0.346 e. The van der Waals surface area contributed by atoms with Crippen LogP contribution in [0.25, 0.3) is 0 Å². The van der Waals surface area contributed by atoms with Gasteiger partial charge in [-0.3, -0.25) is 4.79 Å². The van der Waals surface area contributed by atoms with E-state index in [0.717, 1.165) is 5.56 Å². The van der Waals surface area contributed by atoms with Crippen LogP contribution in [0.1, 0.15) is 34.5 Å². The fourth-order valence-electron chi connectivity index (χ4n) is 1.86. The van der Waals surface area contributed by atoms with Crippen LogP contribution < -0.4 is 5.32 Å². The SMILES string of the molecule is Cc1ccc(C(C)NC(=O)c2ccc(Br)c(F)c2)cc1. The summed E-state index contributed by atoms with van der Waals surface area (Å²) in [5, 5.41) is 2.86. The molecule has 0 aliphatic carbocycles. The van der Waals surface area contributed by atoms with Crippen LogP contribution in [0.15, 0.2) is 46.9 Å². The van der Waals surface area contributed by atoms with Crippen LogP contribution in [0.5, 0.6) is 0 Å². The zero-order chi connectivity index (χ0) is 14.7. The second-order valence-electron chi connectivity index (χ2n) is 4.73. The maximum atomic E-state index is 13.4. The molecule has 0 aliphatic rings. The van der Waals surface area contributed by atoms with E-state index in [1.807, 2.05) is 38.1 Å². The zero-order valence-electron chi connectivity index (χ0n) is 11.3. The number of benzene rings is 2. The third-order valence-electron chi connectivity index (χ3n) is 3.11. The molecule has 0 saturated heterocycles. The third kappa shape index (κ3) is 3.45. The first-order chi connectivity index (χ1) is 9.47. The number of carbonyl (C=O) groups excluding carboxylic acids is 1. The monoisotopic (exact) mass is 335 g/mol. The van der Waals surface area contributed by atoms with E-state index < -0.39 is 5.82 Å². The van der Waals surface area contributed by atoms with E-state index in [-0.39, 0.29) is 11.9 Å². The Morgan fingerprint density at radius 2 is 1.85 bits per heavy atom. The first-order valence-corrected chi connectivity index (χ1v) is 7.09. The minimum absolute atomic E-state index is 0.130. The Morgan fingerprint density at radius 3 is 2.45 bits per heavy atom. The molecular formula is C16H15BrFNO. The van der Waals surface area contributed by atoms with Crippen molar-refractivity contribution in [1.82, 2.24) is 5.32 Å². The highest BCUT2D eigenvalue weighted by atomic mass is 79.9. The molecule has 0 saturated carbocycles. The second-order valence-corrected chi connectivity index (χ2v) is 5.59. The summed E-state index contributed by atoms with van der Waals surface area (Å²) in [4.78, 5) is 12.1. The van der Waals surface area contributed by atoms with Crippen molar-refractivity contribution in [3.63, 3.8) is 0 Å². The number of hydrogen-bond acceptors (Lipinski definition) is 1. The van der Waals surface area contributed by atoms with Gasteiger partial charge in [-0.05, 0) is 53.5 Å². The molecule has 20 heavy (non-hydrogen) atoms. The Labute approximate surface area is 126 Å². The number of amides is 1. The molecule has 2 rings (SSSR count). The molecule has 0 radical (unpaired) electrons. The van der Waals surface area contributed by atoms with Crippen LogP contribution >= 0.6 is 15.9 Å². The summed E-state index contributed by atoms with van der Waals surface area (Å²) >= 11 is 3.07. The summed E-state index contributed by atoms with van der Waals surface area (Å²) in [6.07, 6.45) is 0. The van der Waals surface area contributed by atoms with Crippen LogP contribution in [0.3, 0.4) is 0 Å². The Kier molecular flexibility index (Phi) is 4.55. The number of halogens is 2. The van der Waals surface area contributed by atoms with Crippen molar-refractivity contribution in [2.45, 2.75) is 19.9 Å². The van der Waals surface area contributed by atoms with E-state index in [9.17, 15) is 9.18 Å². The summed E-state index contributed by atoms with van der Waals surface area (Å²) in [5.41, 5.74) is 2.49. The molecule has 0 aromatic heterocycles. The van der Waals surface area contributed by atoms with Gasteiger partial charge in [0, 0.05) is 5.56 Å². The fourth-order valence-corrected chi connectivity index (χ4v) is 2.10. The summed E-state index contributed by atoms with van der Waals surface area (Å²) in [7, 11) is 0. The van der Waals surface area contributed by atoms with E-state index in [1.165, 1.54) is 17.7 Å². The van der Waals surface area contributed by atoms with E-state index in [0.29, 0.717) is 10.0 Å². The quantitative estimate of drug-likeness (QED) is 0.885. The summed E-state index contributed by atoms with van der Waals surface area (Å²) in [5.74, 6) is -0.731. The van der Waals surface area contributed by atoms with E-state index in [4.69, 9.17) is 0 Å². The van der Waals surface area contributed by atoms with Crippen molar-refractivity contribution in [2.75, 3.05) is 0 Å². The molecule has 0 fully saturated rings. The Balaban J connectivity index is 2.10. The van der Waals surface area contributed by atoms with Crippen LogP contribution in [0.4, 0.5) is 4.39 Å². The number of nitrogens with one attached hydrogen (secondary N) is 1. The first-order valence-electron chi connectivity index (χ1n) is 6.30. The molecule has 4 heteroatoms. The van der Waals surface area contributed by atoms with Gasteiger partial charge in [-0.15, -0.1) is 0 Å². The third-order valence-corrected chi connectivity index (χ3v) is 3.75. The molecule has 0 aliphatic heterocycles. The normalized spacial score (nSPS) is 12.0. The highest BCUT2D eigenvalue weighted by molar-refractivity contribution is 9.10. The van der Waals surface area contributed by atoms with Gasteiger partial charge < -0.3 is 5.32 Å². The van der Waals surface area contributed by atoms with Gasteiger partial charge in [0.25, 0.3) is 5.91 Å². The molecule has 0 spiro atoms. The average Bonchev–Trinajstić information content (AvgIpc) is 2.42. The van der Waals surface area contributed by atoms with Crippen LogP contribution in [-0.4, -0.2) is 5.91 Å². The molecular weight excluding hydrogens is 321 g/mol. The molecule has 0 heterocycles. The van der Waals surface area contributed by atoms with Gasteiger partial charge in [0.15, 0.2) is 0 Å². The topological polar surface area (TPSA) is 29.1 Å². The molecule has 2 nitrogen and oxygen atoms in total. The van der Waals surface area contributed by atoms with Gasteiger partial charge in [0.05, 0.1) is 10.5 Å². The average molecular weight is 336 g/mol. The second kappa shape index (κ2) is 6.18. The van der Waals surface area contributed by atoms with Crippen molar-refractivity contribution in [2.24, 2.45) is 0 Å². The minimum atomic E-state index is -0.444. The lowest BCUT2D eigenvalue weighted by molar-refractivity contribution is 0.0939. The van der Waals surface area contributed by atoms with Crippen LogP contribution in [-0.2, 0) is 0 Å². The Bertz CT molecular complexity index is 625. The summed E-state index contributed by atoms with van der Waals surface area (Å²) < 4.78 is 13.8. The molecule has 0 bridgehead atoms. The molecule has 2 aromatic rings. The molecule has 1 atom stereocenters. The van der Waals surface area contributed by atoms with Crippen molar-refractivity contribution in [1.29, 1.82) is 0 Å². The van der Waals surface area contributed by atoms with E-state index in [2.05, 4.69) is 21.2 Å². The van der Waals surface area contributed by atoms with Gasteiger partial charge in [-0.2, -0.15) is 0 Å². The number of hydrogen-bond donors (Lipinski definition) is 1. The Hall–Kier alpha value is -1.68. The highest BCUT2D eigenvalue weighted by Crippen LogP contribution is 2.18. The van der Waals surface area contributed by atoms with Gasteiger partial charge in [-0.25, -0.2) is 4.39 Å². The Morgan fingerprint density at radius 1 is 1.20 bits per heavy atom. The first kappa shape index (κ1) is 14.7. The van der Waals surface area contributed by atoms with Crippen molar-refractivity contribution in [3.8, 4) is 0 Å². The van der Waals surface area contributed by atoms with Gasteiger partial charge in [-0.1, -0.05) is 29.8 Å². The maximum Gasteiger partial charge on any atom is 0.251 e. The number of aryl methyl sites for hydroxylation is 1. The van der Waals surface area contributed by atoms with Gasteiger partial charge in [0.2, 0.25) is 0 Å². The summed E-state index contributed by atoms with van der Waals surface area (Å²) in [6.45, 7) is 3.91. The predicted octanol–water partition coefficient (Wildman–Crippen LogP) is 4.39. The lowest BCUT2D eigenvalue weighted by atomic mass is 10.1. The van der Waals surface area contributed by atoms with Crippen LogP contribution in [0, 0.1) is 12.7 Å². The number of rotatable bonds is 3. The molecule has 1 unspecified atom stereocenters. The molecule has 2 aromatic carbocycles. The molecule has 1 amide bonds. The van der Waals surface area contributed by atoms with Gasteiger partial charge >= 0.3 is 0 Å². The predicted molar refractivity (Wildman–Crippen MR) is 81.2 cm³/mol. The van der Waals surface area contributed by atoms with Crippen molar-refractivity contribution < 1.29 is 9.18 Å². The lowest BCUT2D eigenvalue weighted by Crippen LogP contribution is -2.26. The van der Waals surface area contributed by atoms with Crippen LogP contribution in [0.2, 0.25) is 0 Å². The van der Waals surface area contributed by atoms with Crippen molar-refractivity contribution >= 4 is 21.8 Å². The van der Waals surface area contributed by atoms with Crippen molar-refractivity contribution in [3.05, 3.63) is 69.4 Å². The smallest absolute Gasteiger partial charge is 0.251 e. The standard InChI is InChI=1S/C16H15BrFNO/c1-10-3-5-12(6-4-10)11(2)19-16(20)13-7-8-14(17)15(18)9-13/h3-9,11H,1-2H3,(H,19,20). The van der Waals surface area contributed by atoms with E-state index >= 15 is 0 Å². The largest absolute Gasteiger partial charge is 0.346 e. The lowest BCUT2D eigenvalue weighted by Gasteiger charge is -2.14. The summed E-state index contributed by atoms with van der Waals surface area (Å²) in [6, 6.07) is 12.2. The zero-order valence-corrected chi connectivity index (χ0v) is 12.9. The highest BCUT2D eigenvalue weighted by Gasteiger charge is 2.12. The number of carbonyl (C=O) groups is 1.